The van der Waals surface area contributed by atoms with Crippen molar-refractivity contribution in [3.63, 3.8) is 0 Å². The van der Waals surface area contributed by atoms with Crippen LogP contribution in [0.4, 0.5) is 5.69 Å². The molecule has 2 aromatic rings. The van der Waals surface area contributed by atoms with E-state index in [-0.39, 0.29) is 0 Å². The van der Waals surface area contributed by atoms with Gasteiger partial charge in [0.2, 0.25) is 0 Å². The second-order valence-electron chi connectivity index (χ2n) is 3.96. The molecule has 0 N–H and O–H groups in total. The molecule has 0 aliphatic heterocycles. The van der Waals surface area contributed by atoms with Crippen molar-refractivity contribution < 1.29 is 0 Å². The number of anilines is 1. The predicted octanol–water partition coefficient (Wildman–Crippen LogP) is 4.75. The lowest BCUT2D eigenvalue weighted by Gasteiger charge is -2.11. The molecular weight excluding hydrogens is 294 g/mol. The lowest BCUT2D eigenvalue weighted by molar-refractivity contribution is 1.13. The van der Waals surface area contributed by atoms with Crippen LogP contribution in [-0.4, -0.2) is 14.1 Å². The van der Waals surface area contributed by atoms with E-state index in [0.717, 1.165) is 0 Å². The molecule has 0 bridgehead atoms. The largest absolute Gasteiger partial charge is 0.378 e. The van der Waals surface area contributed by atoms with E-state index in [2.05, 4.69) is 69.4 Å². The highest BCUT2D eigenvalue weighted by molar-refractivity contribution is 9.11. The summed E-state index contributed by atoms with van der Waals surface area (Å²) in [5, 5.41) is 0. The maximum atomic E-state index is 3.46. The highest BCUT2D eigenvalue weighted by Crippen LogP contribution is 2.24. The van der Waals surface area contributed by atoms with E-state index in [1.165, 1.54) is 19.9 Å². The van der Waals surface area contributed by atoms with E-state index < -0.39 is 0 Å². The Bertz CT molecular complexity index is 511. The van der Waals surface area contributed by atoms with Crippen LogP contribution in [0.3, 0.4) is 0 Å². The number of nitrogens with zero attached hydrogens (tertiary/aromatic N) is 1. The minimum Gasteiger partial charge on any atom is -0.378 e. The summed E-state index contributed by atoms with van der Waals surface area (Å²) in [6.45, 7) is 0. The van der Waals surface area contributed by atoms with Gasteiger partial charge in [-0.25, -0.2) is 0 Å². The van der Waals surface area contributed by atoms with Crippen LogP contribution in [0.2, 0.25) is 0 Å². The molecule has 0 spiro atoms. The van der Waals surface area contributed by atoms with Crippen LogP contribution < -0.4 is 4.90 Å². The SMILES string of the molecule is CN(C)c1ccc(/C=C/c2ccc(Br)s2)cc1. The maximum Gasteiger partial charge on any atom is 0.0704 e. The van der Waals surface area contributed by atoms with Crippen LogP contribution >= 0.6 is 27.3 Å². The zero-order valence-corrected chi connectivity index (χ0v) is 12.3. The summed E-state index contributed by atoms with van der Waals surface area (Å²) < 4.78 is 1.17. The van der Waals surface area contributed by atoms with Gasteiger partial charge in [-0.1, -0.05) is 18.2 Å². The Labute approximate surface area is 115 Å². The third kappa shape index (κ3) is 3.45. The first kappa shape index (κ1) is 12.4. The fraction of sp³-hybridized carbons (Fsp3) is 0.143. The molecule has 0 amide bonds. The first-order valence-corrected chi connectivity index (χ1v) is 6.97. The van der Waals surface area contributed by atoms with Crippen molar-refractivity contribution in [2.45, 2.75) is 0 Å². The molecule has 0 aliphatic carbocycles. The summed E-state index contributed by atoms with van der Waals surface area (Å²) in [5.41, 5.74) is 2.45. The fourth-order valence-corrected chi connectivity index (χ4v) is 2.81. The Morgan fingerprint density at radius 2 is 1.71 bits per heavy atom. The third-order valence-electron chi connectivity index (χ3n) is 2.44. The van der Waals surface area contributed by atoms with Gasteiger partial charge < -0.3 is 4.90 Å². The minimum absolute atomic E-state index is 1.17. The Hall–Kier alpha value is -1.06. The van der Waals surface area contributed by atoms with Gasteiger partial charge in [-0.2, -0.15) is 0 Å². The van der Waals surface area contributed by atoms with Crippen molar-refractivity contribution in [2.24, 2.45) is 0 Å². The standard InChI is InChI=1S/C14H14BrNS/c1-16(2)12-6-3-11(4-7-12)5-8-13-9-10-14(15)17-13/h3-10H,1-2H3/b8-5+. The molecule has 1 aromatic carbocycles. The van der Waals surface area contributed by atoms with Gasteiger partial charge in [0.25, 0.3) is 0 Å². The van der Waals surface area contributed by atoms with Gasteiger partial charge >= 0.3 is 0 Å². The monoisotopic (exact) mass is 307 g/mol. The van der Waals surface area contributed by atoms with Crippen molar-refractivity contribution >= 4 is 45.1 Å². The first-order valence-electron chi connectivity index (χ1n) is 5.36. The molecule has 0 radical (unpaired) electrons. The number of thiophene rings is 1. The topological polar surface area (TPSA) is 3.24 Å². The zero-order chi connectivity index (χ0) is 12.3. The average Bonchev–Trinajstić information content (AvgIpc) is 2.73. The normalized spacial score (nSPS) is 11.0. The zero-order valence-electron chi connectivity index (χ0n) is 9.85. The summed E-state index contributed by atoms with van der Waals surface area (Å²) in [5.74, 6) is 0. The summed E-state index contributed by atoms with van der Waals surface area (Å²) >= 11 is 5.20. The van der Waals surface area contributed by atoms with Gasteiger partial charge in [0.15, 0.2) is 0 Å². The molecule has 1 nitrogen and oxygen atoms in total. The number of hydrogen-bond acceptors (Lipinski definition) is 2. The summed E-state index contributed by atoms with van der Waals surface area (Å²) in [6.07, 6.45) is 4.28. The van der Waals surface area contributed by atoms with Crippen molar-refractivity contribution in [1.29, 1.82) is 0 Å². The smallest absolute Gasteiger partial charge is 0.0704 e. The molecular formula is C14H14BrNS. The predicted molar refractivity (Wildman–Crippen MR) is 81.7 cm³/mol. The summed E-state index contributed by atoms with van der Waals surface area (Å²) in [6, 6.07) is 12.7. The molecule has 0 atom stereocenters. The molecule has 0 unspecified atom stereocenters. The lowest BCUT2D eigenvalue weighted by Crippen LogP contribution is -2.07. The second-order valence-corrected chi connectivity index (χ2v) is 6.46. The first-order chi connectivity index (χ1) is 8.15. The van der Waals surface area contributed by atoms with Gasteiger partial charge in [0.05, 0.1) is 3.79 Å². The molecule has 0 saturated carbocycles. The minimum atomic E-state index is 1.17. The number of rotatable bonds is 3. The van der Waals surface area contributed by atoms with Crippen molar-refractivity contribution in [3.05, 3.63) is 50.6 Å². The maximum absolute atomic E-state index is 3.46. The van der Waals surface area contributed by atoms with Crippen LogP contribution in [0, 0.1) is 0 Å². The van der Waals surface area contributed by atoms with E-state index in [9.17, 15) is 0 Å². The molecule has 1 aromatic heterocycles. The lowest BCUT2D eigenvalue weighted by atomic mass is 10.2. The molecule has 0 saturated heterocycles. The molecule has 17 heavy (non-hydrogen) atoms. The molecule has 0 fully saturated rings. The Morgan fingerprint density at radius 1 is 1.00 bits per heavy atom. The molecule has 1 heterocycles. The summed E-state index contributed by atoms with van der Waals surface area (Å²) in [4.78, 5) is 3.36. The highest BCUT2D eigenvalue weighted by atomic mass is 79.9. The van der Waals surface area contributed by atoms with E-state index in [0.29, 0.717) is 0 Å². The van der Waals surface area contributed by atoms with Crippen molar-refractivity contribution in [3.8, 4) is 0 Å². The van der Waals surface area contributed by atoms with Crippen molar-refractivity contribution in [2.75, 3.05) is 19.0 Å². The fourth-order valence-electron chi connectivity index (χ4n) is 1.48. The number of hydrogen-bond donors (Lipinski definition) is 0. The van der Waals surface area contributed by atoms with Gasteiger partial charge in [-0.15, -0.1) is 11.3 Å². The average molecular weight is 308 g/mol. The summed E-state index contributed by atoms with van der Waals surface area (Å²) in [7, 11) is 4.10. The van der Waals surface area contributed by atoms with Gasteiger partial charge in [-0.05, 0) is 51.8 Å². The second kappa shape index (κ2) is 5.52. The quantitative estimate of drug-likeness (QED) is 0.791. The van der Waals surface area contributed by atoms with E-state index in [1.807, 2.05) is 14.1 Å². The van der Waals surface area contributed by atoms with Crippen LogP contribution in [0.15, 0.2) is 40.2 Å². The van der Waals surface area contributed by atoms with Crippen LogP contribution in [0.1, 0.15) is 10.4 Å². The van der Waals surface area contributed by atoms with Gasteiger partial charge in [-0.3, -0.25) is 0 Å². The van der Waals surface area contributed by atoms with Crippen LogP contribution in [-0.2, 0) is 0 Å². The Balaban J connectivity index is 2.11. The van der Waals surface area contributed by atoms with Crippen LogP contribution in [0.25, 0.3) is 12.2 Å². The van der Waals surface area contributed by atoms with Crippen LogP contribution in [0.5, 0.6) is 0 Å². The highest BCUT2D eigenvalue weighted by Gasteiger charge is 1.95. The molecule has 3 heteroatoms. The van der Waals surface area contributed by atoms with Gasteiger partial charge in [0.1, 0.15) is 0 Å². The molecule has 0 aliphatic rings. The molecule has 88 valence electrons. The van der Waals surface area contributed by atoms with Gasteiger partial charge in [0, 0.05) is 24.7 Å². The Morgan fingerprint density at radius 3 is 2.24 bits per heavy atom. The third-order valence-corrected chi connectivity index (χ3v) is 4.03. The number of halogens is 1. The van der Waals surface area contributed by atoms with E-state index in [4.69, 9.17) is 0 Å². The molecule has 2 rings (SSSR count). The number of benzene rings is 1. The van der Waals surface area contributed by atoms with E-state index in [1.54, 1.807) is 11.3 Å². The van der Waals surface area contributed by atoms with Crippen molar-refractivity contribution in [1.82, 2.24) is 0 Å². The Kier molecular flexibility index (Phi) is 4.02. The van der Waals surface area contributed by atoms with E-state index >= 15 is 0 Å².